The van der Waals surface area contributed by atoms with Gasteiger partial charge in [0.2, 0.25) is 0 Å². The van der Waals surface area contributed by atoms with Crippen molar-refractivity contribution >= 4 is 22.6 Å². The molecule has 98 valence electrons. The molecule has 0 aliphatic rings. The summed E-state index contributed by atoms with van der Waals surface area (Å²) in [6.45, 7) is 8.33. The maximum absolute atomic E-state index is 5.77. The molecular weight excluding hydrogens is 319 g/mol. The molecule has 16 heavy (non-hydrogen) atoms. The Bertz CT molecular complexity index is 131. The van der Waals surface area contributed by atoms with Crippen LogP contribution in [0.1, 0.15) is 46.5 Å². The monoisotopic (exact) mass is 344 g/mol. The van der Waals surface area contributed by atoms with Crippen LogP contribution in [0.2, 0.25) is 0 Å². The van der Waals surface area contributed by atoms with Crippen LogP contribution in [0.15, 0.2) is 0 Å². The highest BCUT2D eigenvalue weighted by Crippen LogP contribution is 2.22. The fourth-order valence-electron chi connectivity index (χ4n) is 1.23. The number of halogens is 1. The van der Waals surface area contributed by atoms with Crippen LogP contribution < -0.4 is 0 Å². The smallest absolute Gasteiger partial charge is 0.283 e. The van der Waals surface area contributed by atoms with E-state index in [-0.39, 0.29) is 0 Å². The molecule has 0 aromatic carbocycles. The summed E-state index contributed by atoms with van der Waals surface area (Å²) >= 11 is 2.33. The van der Waals surface area contributed by atoms with E-state index in [1.54, 1.807) is 0 Å². The van der Waals surface area contributed by atoms with Crippen LogP contribution in [0, 0.1) is 0 Å². The normalized spacial score (nSPS) is 12.0. The van der Waals surface area contributed by atoms with Gasteiger partial charge in [-0.05, 0) is 19.3 Å². The predicted molar refractivity (Wildman–Crippen MR) is 75.0 cm³/mol. The van der Waals surface area contributed by atoms with Gasteiger partial charge in [0.1, 0.15) is 0 Å². The van der Waals surface area contributed by atoms with Crippen LogP contribution in [0.5, 0.6) is 0 Å². The van der Waals surface area contributed by atoms with E-state index < -0.39 is 5.97 Å². The summed E-state index contributed by atoms with van der Waals surface area (Å²) in [6, 6.07) is 0. The van der Waals surface area contributed by atoms with E-state index in [0.29, 0.717) is 19.8 Å². The molecule has 3 nitrogen and oxygen atoms in total. The van der Waals surface area contributed by atoms with Crippen LogP contribution >= 0.6 is 22.6 Å². The molecular formula is C12H25IO3. The molecule has 0 bridgehead atoms. The lowest BCUT2D eigenvalue weighted by Gasteiger charge is -2.32. The van der Waals surface area contributed by atoms with E-state index in [4.69, 9.17) is 14.2 Å². The van der Waals surface area contributed by atoms with Gasteiger partial charge in [0, 0.05) is 10.8 Å². The largest absolute Gasteiger partial charge is 0.327 e. The third-order valence-electron chi connectivity index (χ3n) is 1.98. The highest BCUT2D eigenvalue weighted by molar-refractivity contribution is 14.1. The fourth-order valence-corrected chi connectivity index (χ4v) is 1.89. The zero-order valence-corrected chi connectivity index (χ0v) is 12.9. The topological polar surface area (TPSA) is 27.7 Å². The lowest BCUT2D eigenvalue weighted by Crippen LogP contribution is -2.40. The Morgan fingerprint density at radius 2 is 1.19 bits per heavy atom. The molecule has 0 amide bonds. The molecule has 0 radical (unpaired) electrons. The Hall–Kier alpha value is 0.610. The van der Waals surface area contributed by atoms with Crippen LogP contribution in [0.4, 0.5) is 0 Å². The van der Waals surface area contributed by atoms with Crippen molar-refractivity contribution in [1.82, 2.24) is 0 Å². The molecule has 0 atom stereocenters. The van der Waals surface area contributed by atoms with Gasteiger partial charge in [-0.25, -0.2) is 0 Å². The molecule has 0 aromatic heterocycles. The van der Waals surface area contributed by atoms with E-state index >= 15 is 0 Å². The second-order valence-electron chi connectivity index (χ2n) is 3.67. The number of rotatable bonds is 11. The van der Waals surface area contributed by atoms with Crippen molar-refractivity contribution in [1.29, 1.82) is 0 Å². The van der Waals surface area contributed by atoms with E-state index in [9.17, 15) is 0 Å². The fraction of sp³-hybridized carbons (Fsp3) is 1.00. The van der Waals surface area contributed by atoms with Gasteiger partial charge in [-0.2, -0.15) is 0 Å². The molecule has 0 N–H and O–H groups in total. The van der Waals surface area contributed by atoms with Crippen LogP contribution in [-0.2, 0) is 14.2 Å². The molecule has 0 spiro atoms. The minimum Gasteiger partial charge on any atom is -0.327 e. The first-order valence-corrected chi connectivity index (χ1v) is 7.75. The van der Waals surface area contributed by atoms with Gasteiger partial charge < -0.3 is 14.2 Å². The highest BCUT2D eigenvalue weighted by atomic mass is 127. The quantitative estimate of drug-likeness (QED) is 0.325. The van der Waals surface area contributed by atoms with E-state index in [1.165, 1.54) is 0 Å². The average Bonchev–Trinajstić information content (AvgIpc) is 2.31. The Balaban J connectivity index is 4.32. The molecule has 0 aliphatic carbocycles. The van der Waals surface area contributed by atoms with E-state index in [2.05, 4.69) is 43.4 Å². The number of hydrogen-bond donors (Lipinski definition) is 0. The Labute approximate surface area is 113 Å². The van der Waals surface area contributed by atoms with Crippen molar-refractivity contribution in [2.45, 2.75) is 52.4 Å². The standard InChI is InChI=1S/C12H25IO3/c1-4-9-14-12(7-8-13,15-10-5-2)16-11-6-3/h4-11H2,1-3H3. The Kier molecular flexibility index (Phi) is 11.2. The molecule has 0 heterocycles. The minimum absolute atomic E-state index is 0.685. The molecule has 0 fully saturated rings. The van der Waals surface area contributed by atoms with Crippen molar-refractivity contribution in [3.63, 3.8) is 0 Å². The zero-order valence-electron chi connectivity index (χ0n) is 10.8. The SMILES string of the molecule is CCCOC(CCI)(OCCC)OCCC. The maximum atomic E-state index is 5.77. The summed E-state index contributed by atoms with van der Waals surface area (Å²) in [5.41, 5.74) is 0. The summed E-state index contributed by atoms with van der Waals surface area (Å²) in [5.74, 6) is -0.802. The molecule has 0 saturated carbocycles. The first-order valence-electron chi connectivity index (χ1n) is 6.22. The summed E-state index contributed by atoms with van der Waals surface area (Å²) in [5, 5.41) is 0. The van der Waals surface area contributed by atoms with Crippen molar-refractivity contribution in [2.75, 3.05) is 24.2 Å². The molecule has 0 aliphatic heterocycles. The van der Waals surface area contributed by atoms with E-state index in [0.717, 1.165) is 30.1 Å². The number of hydrogen-bond acceptors (Lipinski definition) is 3. The highest BCUT2D eigenvalue weighted by Gasteiger charge is 2.32. The van der Waals surface area contributed by atoms with Gasteiger partial charge >= 0.3 is 0 Å². The van der Waals surface area contributed by atoms with Crippen molar-refractivity contribution < 1.29 is 14.2 Å². The van der Waals surface area contributed by atoms with Gasteiger partial charge in [0.05, 0.1) is 19.8 Å². The second-order valence-corrected chi connectivity index (χ2v) is 4.75. The second kappa shape index (κ2) is 10.7. The van der Waals surface area contributed by atoms with Gasteiger partial charge in [0.15, 0.2) is 0 Å². The molecule has 0 saturated heterocycles. The predicted octanol–water partition coefficient (Wildman–Crippen LogP) is 3.75. The average molecular weight is 344 g/mol. The third-order valence-corrected chi connectivity index (χ3v) is 2.52. The summed E-state index contributed by atoms with van der Waals surface area (Å²) in [7, 11) is 0. The lowest BCUT2D eigenvalue weighted by molar-refractivity contribution is -0.380. The Morgan fingerprint density at radius 1 is 0.812 bits per heavy atom. The molecule has 0 rings (SSSR count). The molecule has 0 aromatic rings. The van der Waals surface area contributed by atoms with Crippen molar-refractivity contribution in [3.05, 3.63) is 0 Å². The Morgan fingerprint density at radius 3 is 1.44 bits per heavy atom. The maximum Gasteiger partial charge on any atom is 0.283 e. The number of ether oxygens (including phenoxy) is 3. The van der Waals surface area contributed by atoms with E-state index in [1.807, 2.05) is 0 Å². The van der Waals surface area contributed by atoms with Gasteiger partial charge in [0.25, 0.3) is 5.97 Å². The van der Waals surface area contributed by atoms with Crippen molar-refractivity contribution in [3.8, 4) is 0 Å². The number of alkyl halides is 1. The van der Waals surface area contributed by atoms with Gasteiger partial charge in [-0.15, -0.1) is 0 Å². The first kappa shape index (κ1) is 16.6. The van der Waals surface area contributed by atoms with Gasteiger partial charge in [-0.1, -0.05) is 43.4 Å². The van der Waals surface area contributed by atoms with Crippen LogP contribution in [0.3, 0.4) is 0 Å². The lowest BCUT2D eigenvalue weighted by atomic mass is 10.4. The summed E-state index contributed by atoms with van der Waals surface area (Å²) in [6.07, 6.45) is 3.73. The summed E-state index contributed by atoms with van der Waals surface area (Å²) in [4.78, 5) is 0. The van der Waals surface area contributed by atoms with Crippen LogP contribution in [-0.4, -0.2) is 30.2 Å². The summed E-state index contributed by atoms with van der Waals surface area (Å²) < 4.78 is 18.3. The van der Waals surface area contributed by atoms with Crippen molar-refractivity contribution in [2.24, 2.45) is 0 Å². The van der Waals surface area contributed by atoms with Crippen LogP contribution in [0.25, 0.3) is 0 Å². The molecule has 4 heteroatoms. The first-order chi connectivity index (χ1) is 7.74. The molecule has 0 unspecified atom stereocenters. The minimum atomic E-state index is -0.802. The zero-order chi connectivity index (χ0) is 12.3. The van der Waals surface area contributed by atoms with Gasteiger partial charge in [-0.3, -0.25) is 0 Å². The third kappa shape index (κ3) is 7.04.